The molecule has 25 heavy (non-hydrogen) atoms. The normalized spacial score (nSPS) is 26.8. The molecule has 1 N–H and O–H groups in total. The first kappa shape index (κ1) is 23.2. The molecule has 1 amide bonds. The number of thioether (sulfide) groups is 1. The molecule has 0 spiro atoms. The highest BCUT2D eigenvalue weighted by molar-refractivity contribution is 8.15. The Kier molecular flexibility index (Phi) is 9.21. The smallest absolute Gasteiger partial charge is 0.314 e. The van der Waals surface area contributed by atoms with Crippen molar-refractivity contribution in [1.29, 1.82) is 0 Å². The predicted octanol–water partition coefficient (Wildman–Crippen LogP) is 4.55. The van der Waals surface area contributed by atoms with Crippen LogP contribution in [0.4, 0.5) is 4.79 Å². The number of nitrogens with zero attached hydrogens (tertiary/aromatic N) is 2. The van der Waals surface area contributed by atoms with Crippen LogP contribution in [0, 0.1) is 0 Å². The van der Waals surface area contributed by atoms with Gasteiger partial charge in [0.2, 0.25) is 0 Å². The first-order valence-electron chi connectivity index (χ1n) is 7.94. The second-order valence-corrected chi connectivity index (χ2v) is 11.8. The average molecular weight is 430 g/mol. The molecule has 0 radical (unpaired) electrons. The van der Waals surface area contributed by atoms with Crippen molar-refractivity contribution in [2.75, 3.05) is 12.1 Å². The molecule has 11 heteroatoms. The molecule has 1 fully saturated rings. The van der Waals surface area contributed by atoms with Crippen molar-refractivity contribution < 1.29 is 18.7 Å². The first-order chi connectivity index (χ1) is 11.5. The van der Waals surface area contributed by atoms with Crippen LogP contribution in [-0.4, -0.2) is 45.1 Å². The Hall–Kier alpha value is 0.170. The lowest BCUT2D eigenvalue weighted by Gasteiger charge is -2.46. The molecule has 0 bridgehead atoms. The van der Waals surface area contributed by atoms with Gasteiger partial charge in [-0.1, -0.05) is 5.16 Å². The van der Waals surface area contributed by atoms with Crippen LogP contribution >= 0.6 is 30.4 Å². The second-order valence-electron chi connectivity index (χ2n) is 6.48. The summed E-state index contributed by atoms with van der Waals surface area (Å²) < 4.78 is 14.1. The van der Waals surface area contributed by atoms with E-state index < -0.39 is 12.7 Å². The fourth-order valence-corrected chi connectivity index (χ4v) is 7.98. The number of oxime groups is 1. The number of rotatable bonds is 6. The minimum atomic E-state index is -2.65. The topological polar surface area (TPSA) is 72.4 Å². The van der Waals surface area contributed by atoms with Crippen LogP contribution < -0.4 is 5.32 Å². The lowest BCUT2D eigenvalue weighted by atomic mass is 10.0. The first-order valence-corrected chi connectivity index (χ1v) is 12.7. The van der Waals surface area contributed by atoms with Crippen molar-refractivity contribution in [2.24, 2.45) is 5.16 Å². The Morgan fingerprint density at radius 3 is 2.72 bits per heavy atom. The highest BCUT2D eigenvalue weighted by Gasteiger charge is 2.43. The highest BCUT2D eigenvalue weighted by Crippen LogP contribution is 2.63. The Balaban J connectivity index is 2.66. The zero-order valence-corrected chi connectivity index (χ0v) is 19.1. The molecule has 0 aromatic carbocycles. The summed E-state index contributed by atoms with van der Waals surface area (Å²) in [4.78, 5) is 16.4. The van der Waals surface area contributed by atoms with Crippen molar-refractivity contribution in [3.63, 3.8) is 0 Å². The minimum Gasteiger partial charge on any atom is -0.314 e. The summed E-state index contributed by atoms with van der Waals surface area (Å²) in [6.45, 7) is 9.21. The van der Waals surface area contributed by atoms with E-state index in [2.05, 4.69) is 10.5 Å². The fraction of sp³-hybridized carbons (Fsp3) is 0.857. The van der Waals surface area contributed by atoms with Gasteiger partial charge in [-0.15, -0.1) is 11.8 Å². The van der Waals surface area contributed by atoms with Crippen LogP contribution in [0.5, 0.6) is 0 Å². The fourth-order valence-electron chi connectivity index (χ4n) is 2.25. The zero-order chi connectivity index (χ0) is 19.3. The number of nitrogens with one attached hydrogen (secondary N) is 1. The van der Waals surface area contributed by atoms with Crippen LogP contribution in [0.2, 0.25) is 0 Å². The van der Waals surface area contributed by atoms with Gasteiger partial charge < -0.3 is 14.4 Å². The number of hydrogen-bond donors (Lipinski definition) is 1. The molecule has 146 valence electrons. The third-order valence-electron chi connectivity index (χ3n) is 3.10. The quantitative estimate of drug-likeness (QED) is 0.125. The summed E-state index contributed by atoms with van der Waals surface area (Å²) in [5, 5.41) is 7.00. The van der Waals surface area contributed by atoms with Gasteiger partial charge in [0.15, 0.2) is 0 Å². The van der Waals surface area contributed by atoms with Crippen molar-refractivity contribution in [1.82, 2.24) is 9.39 Å². The van der Waals surface area contributed by atoms with E-state index in [0.717, 1.165) is 6.42 Å². The van der Waals surface area contributed by atoms with E-state index in [0.29, 0.717) is 5.04 Å². The summed E-state index contributed by atoms with van der Waals surface area (Å²) in [5.74, 6) is 0.283. The largest absolute Gasteiger partial charge is 0.434 e. The maximum atomic E-state index is 11.7. The number of amides is 1. The lowest BCUT2D eigenvalue weighted by Crippen LogP contribution is -2.39. The molecule has 2 atom stereocenters. The standard InChI is InChI=1S/C14H28N3O4PS3/c1-10(2)17(22(23)20-11(3)8-14(5,6)21-22)25-9-15-13(18)19-16-12(4)24-7/h10-11H,8-9H2,1-7H3,(H,15,18). The van der Waals surface area contributed by atoms with Gasteiger partial charge in [-0.25, -0.2) is 4.79 Å². The molecule has 1 aliphatic heterocycles. The Morgan fingerprint density at radius 1 is 1.56 bits per heavy atom. The van der Waals surface area contributed by atoms with Gasteiger partial charge in [0.25, 0.3) is 6.64 Å². The van der Waals surface area contributed by atoms with Gasteiger partial charge in [-0.3, -0.25) is 4.84 Å². The van der Waals surface area contributed by atoms with Crippen molar-refractivity contribution >= 4 is 53.3 Å². The molecule has 1 saturated heterocycles. The van der Waals surface area contributed by atoms with Gasteiger partial charge in [-0.05, 0) is 71.6 Å². The van der Waals surface area contributed by atoms with E-state index in [1.165, 1.54) is 23.7 Å². The maximum absolute atomic E-state index is 11.7. The molecule has 7 nitrogen and oxygen atoms in total. The molecule has 2 unspecified atom stereocenters. The van der Waals surface area contributed by atoms with E-state index in [1.807, 2.05) is 45.0 Å². The second kappa shape index (κ2) is 9.92. The number of carbonyl (C=O) groups excluding carboxylic acids is 1. The van der Waals surface area contributed by atoms with Crippen LogP contribution in [0.3, 0.4) is 0 Å². The molecular formula is C14H28N3O4PS3. The van der Waals surface area contributed by atoms with E-state index in [-0.39, 0.29) is 23.6 Å². The number of hydrogen-bond acceptors (Lipinski definition) is 8. The molecular weight excluding hydrogens is 401 g/mol. The molecule has 0 aromatic heterocycles. The third-order valence-corrected chi connectivity index (χ3v) is 9.34. The van der Waals surface area contributed by atoms with Gasteiger partial charge in [-0.2, -0.15) is 4.08 Å². The van der Waals surface area contributed by atoms with Gasteiger partial charge in [0.1, 0.15) is 5.04 Å². The van der Waals surface area contributed by atoms with Gasteiger partial charge >= 0.3 is 6.09 Å². The lowest BCUT2D eigenvalue weighted by molar-refractivity contribution is -0.00652. The van der Waals surface area contributed by atoms with Gasteiger partial charge in [0.05, 0.1) is 17.6 Å². The Labute approximate surface area is 164 Å². The van der Waals surface area contributed by atoms with Gasteiger partial charge in [0, 0.05) is 12.5 Å². The molecule has 0 saturated carbocycles. The SMILES string of the molecule is CSC(C)=NOC(=O)NCSN(C(C)C)P1(=S)OC(C)CC(C)(C)O1. The molecule has 0 aromatic rings. The summed E-state index contributed by atoms with van der Waals surface area (Å²) in [6, 6.07) is 0.0894. The zero-order valence-electron chi connectivity index (χ0n) is 15.8. The van der Waals surface area contributed by atoms with Crippen LogP contribution in [0.25, 0.3) is 0 Å². The third kappa shape index (κ3) is 7.74. The minimum absolute atomic E-state index is 0.0261. The van der Waals surface area contributed by atoms with Crippen molar-refractivity contribution in [2.45, 2.75) is 65.7 Å². The van der Waals surface area contributed by atoms with E-state index in [1.54, 1.807) is 6.92 Å². The number of carbonyl (C=O) groups is 1. The monoisotopic (exact) mass is 429 g/mol. The van der Waals surface area contributed by atoms with E-state index in [4.69, 9.17) is 25.7 Å². The molecule has 0 aliphatic carbocycles. The molecule has 1 aliphatic rings. The van der Waals surface area contributed by atoms with Crippen LogP contribution in [-0.2, 0) is 25.7 Å². The molecule has 1 rings (SSSR count). The van der Waals surface area contributed by atoms with E-state index >= 15 is 0 Å². The summed E-state index contributed by atoms with van der Waals surface area (Å²) in [5.41, 5.74) is -0.336. The summed E-state index contributed by atoms with van der Waals surface area (Å²) in [6.07, 6.45) is 2.06. The maximum Gasteiger partial charge on any atom is 0.434 e. The van der Waals surface area contributed by atoms with Crippen molar-refractivity contribution in [3.05, 3.63) is 0 Å². The predicted molar refractivity (Wildman–Crippen MR) is 110 cm³/mol. The summed E-state index contributed by atoms with van der Waals surface area (Å²) in [7, 11) is 0. The average Bonchev–Trinajstić information content (AvgIpc) is 2.45. The van der Waals surface area contributed by atoms with Crippen molar-refractivity contribution in [3.8, 4) is 0 Å². The molecule has 1 heterocycles. The Morgan fingerprint density at radius 2 is 2.20 bits per heavy atom. The van der Waals surface area contributed by atoms with E-state index in [9.17, 15) is 4.79 Å². The highest BCUT2D eigenvalue weighted by atomic mass is 32.5. The Bertz CT molecular complexity index is 545. The summed E-state index contributed by atoms with van der Waals surface area (Å²) >= 11 is 8.54. The van der Waals surface area contributed by atoms with Crippen LogP contribution in [0.15, 0.2) is 5.16 Å². The van der Waals surface area contributed by atoms with Crippen LogP contribution in [0.1, 0.15) is 48.0 Å².